The second-order valence-electron chi connectivity index (χ2n) is 6.08. The fourth-order valence-electron chi connectivity index (χ4n) is 2.90. The van der Waals surface area contributed by atoms with Gasteiger partial charge in [0.25, 0.3) is 6.04 Å². The van der Waals surface area contributed by atoms with Crippen LogP contribution in [0.3, 0.4) is 0 Å². The molecule has 3 unspecified atom stereocenters. The SMILES string of the molecule is NOCCNC(=O)Cc1ccc(NC2C=CC([N+](=O)[O-])C3=NONC32)cc1. The zero-order chi connectivity index (χ0) is 19.2. The number of hydrogen-bond acceptors (Lipinski definition) is 9. The van der Waals surface area contributed by atoms with E-state index in [4.69, 9.17) is 10.8 Å². The van der Waals surface area contributed by atoms with E-state index in [1.807, 2.05) is 24.3 Å². The van der Waals surface area contributed by atoms with Crippen LogP contribution in [0.5, 0.6) is 0 Å². The Morgan fingerprint density at radius 3 is 2.85 bits per heavy atom. The first-order chi connectivity index (χ1) is 13.1. The van der Waals surface area contributed by atoms with E-state index in [0.29, 0.717) is 12.3 Å². The van der Waals surface area contributed by atoms with Crippen LogP contribution in [0.1, 0.15) is 5.56 Å². The van der Waals surface area contributed by atoms with Gasteiger partial charge in [0.05, 0.1) is 19.1 Å². The van der Waals surface area contributed by atoms with Gasteiger partial charge in [0, 0.05) is 17.2 Å². The van der Waals surface area contributed by atoms with Crippen LogP contribution in [0.15, 0.2) is 41.6 Å². The maximum atomic E-state index is 11.8. The molecule has 27 heavy (non-hydrogen) atoms. The van der Waals surface area contributed by atoms with E-state index in [1.165, 1.54) is 6.08 Å². The number of anilines is 1. The lowest BCUT2D eigenvalue weighted by Crippen LogP contribution is -2.52. The summed E-state index contributed by atoms with van der Waals surface area (Å²) in [6, 6.07) is 5.67. The van der Waals surface area contributed by atoms with Crippen molar-refractivity contribution >= 4 is 17.3 Å². The van der Waals surface area contributed by atoms with Crippen LogP contribution in [0.2, 0.25) is 0 Å². The summed E-state index contributed by atoms with van der Waals surface area (Å²) in [6.45, 7) is 0.611. The highest BCUT2D eigenvalue weighted by molar-refractivity contribution is 5.97. The molecule has 11 heteroatoms. The van der Waals surface area contributed by atoms with Gasteiger partial charge in [0.2, 0.25) is 5.91 Å². The number of oxime groups is 1. The number of rotatable bonds is 8. The zero-order valence-corrected chi connectivity index (χ0v) is 14.3. The van der Waals surface area contributed by atoms with Crippen LogP contribution in [0, 0.1) is 10.1 Å². The van der Waals surface area contributed by atoms with Crippen molar-refractivity contribution in [2.45, 2.75) is 24.5 Å². The van der Waals surface area contributed by atoms with E-state index in [2.05, 4.69) is 26.1 Å². The quantitative estimate of drug-likeness (QED) is 0.205. The monoisotopic (exact) mass is 376 g/mol. The number of carbonyl (C=O) groups excluding carboxylic acids is 1. The number of nitrogens with one attached hydrogen (secondary N) is 3. The highest BCUT2D eigenvalue weighted by Crippen LogP contribution is 2.21. The first-order valence-corrected chi connectivity index (χ1v) is 8.33. The Morgan fingerprint density at radius 2 is 2.15 bits per heavy atom. The third kappa shape index (κ3) is 4.58. The van der Waals surface area contributed by atoms with Crippen molar-refractivity contribution in [3.63, 3.8) is 0 Å². The van der Waals surface area contributed by atoms with E-state index in [9.17, 15) is 14.9 Å². The van der Waals surface area contributed by atoms with Crippen molar-refractivity contribution in [3.05, 3.63) is 52.1 Å². The van der Waals surface area contributed by atoms with Crippen molar-refractivity contribution in [2.75, 3.05) is 18.5 Å². The van der Waals surface area contributed by atoms with E-state index in [1.54, 1.807) is 6.08 Å². The summed E-state index contributed by atoms with van der Waals surface area (Å²) in [5.41, 5.74) is 4.66. The van der Waals surface area contributed by atoms with Gasteiger partial charge in [-0.05, 0) is 23.8 Å². The lowest BCUT2D eigenvalue weighted by atomic mass is 9.91. The van der Waals surface area contributed by atoms with Gasteiger partial charge < -0.3 is 15.5 Å². The van der Waals surface area contributed by atoms with E-state index >= 15 is 0 Å². The second-order valence-corrected chi connectivity index (χ2v) is 6.08. The summed E-state index contributed by atoms with van der Waals surface area (Å²) in [4.78, 5) is 31.7. The van der Waals surface area contributed by atoms with Crippen LogP contribution in [0.4, 0.5) is 5.69 Å². The Labute approximate surface area is 154 Å². The molecule has 3 rings (SSSR count). The first kappa shape index (κ1) is 18.8. The lowest BCUT2D eigenvalue weighted by molar-refractivity contribution is -0.491. The molecule has 1 heterocycles. The average molecular weight is 376 g/mol. The molecule has 0 bridgehead atoms. The minimum atomic E-state index is -0.992. The van der Waals surface area contributed by atoms with E-state index < -0.39 is 17.0 Å². The van der Waals surface area contributed by atoms with E-state index in [0.717, 1.165) is 11.3 Å². The van der Waals surface area contributed by atoms with Gasteiger partial charge in [-0.1, -0.05) is 23.4 Å². The Hall–Kier alpha value is -3.02. The number of hydrogen-bond donors (Lipinski definition) is 4. The van der Waals surface area contributed by atoms with Crippen molar-refractivity contribution in [1.29, 1.82) is 0 Å². The fraction of sp³-hybridized carbons (Fsp3) is 0.375. The molecule has 0 saturated carbocycles. The highest BCUT2D eigenvalue weighted by Gasteiger charge is 2.43. The molecular formula is C16H20N6O5. The molecule has 11 nitrogen and oxygen atoms in total. The van der Waals surface area contributed by atoms with Crippen molar-refractivity contribution in [2.24, 2.45) is 11.1 Å². The van der Waals surface area contributed by atoms with Gasteiger partial charge in [0.1, 0.15) is 6.04 Å². The normalized spacial score (nSPS) is 23.1. The average Bonchev–Trinajstić information content (AvgIpc) is 3.13. The summed E-state index contributed by atoms with van der Waals surface area (Å²) < 4.78 is 0. The minimum absolute atomic E-state index is 0.123. The van der Waals surface area contributed by atoms with Gasteiger partial charge >= 0.3 is 0 Å². The molecule has 0 radical (unpaired) electrons. The predicted molar refractivity (Wildman–Crippen MR) is 96.1 cm³/mol. The minimum Gasteiger partial charge on any atom is -0.377 e. The molecule has 3 atom stereocenters. The second kappa shape index (κ2) is 8.58. The molecule has 0 aromatic heterocycles. The molecule has 1 aliphatic heterocycles. The topological polar surface area (TPSA) is 153 Å². The summed E-state index contributed by atoms with van der Waals surface area (Å²) in [5, 5.41) is 20.8. The summed E-state index contributed by atoms with van der Waals surface area (Å²) >= 11 is 0. The molecule has 0 spiro atoms. The van der Waals surface area contributed by atoms with Crippen molar-refractivity contribution < 1.29 is 19.5 Å². The van der Waals surface area contributed by atoms with Gasteiger partial charge in [0.15, 0.2) is 5.71 Å². The van der Waals surface area contributed by atoms with Gasteiger partial charge in [-0.15, -0.1) is 5.48 Å². The zero-order valence-electron chi connectivity index (χ0n) is 14.3. The number of hydroxylamine groups is 1. The van der Waals surface area contributed by atoms with Crippen LogP contribution in [0.25, 0.3) is 0 Å². The van der Waals surface area contributed by atoms with Gasteiger partial charge in [-0.2, -0.15) is 0 Å². The number of nitrogens with zero attached hydrogens (tertiary/aromatic N) is 2. The Balaban J connectivity index is 1.59. The Kier molecular flexibility index (Phi) is 5.96. The first-order valence-electron chi connectivity index (χ1n) is 8.33. The third-order valence-corrected chi connectivity index (χ3v) is 4.23. The molecule has 2 aliphatic rings. The van der Waals surface area contributed by atoms with Gasteiger partial charge in [-0.3, -0.25) is 19.8 Å². The molecule has 1 aliphatic carbocycles. The number of benzene rings is 1. The van der Waals surface area contributed by atoms with Crippen LogP contribution >= 0.6 is 0 Å². The predicted octanol–water partition coefficient (Wildman–Crippen LogP) is -0.509. The number of nitrogens with two attached hydrogens (primary N) is 1. The highest BCUT2D eigenvalue weighted by atomic mass is 16.8. The molecule has 1 amide bonds. The molecule has 1 aromatic rings. The molecule has 0 fully saturated rings. The molecule has 0 saturated heterocycles. The maximum absolute atomic E-state index is 11.8. The standard InChI is InChI=1S/C16H20N6O5/c17-26-8-7-18-14(23)9-10-1-3-11(4-2-10)19-12-5-6-13(22(24)25)16-15(12)20-27-21-16/h1-6,12-13,15,19-20H,7-9,17H2,(H,18,23). The summed E-state index contributed by atoms with van der Waals surface area (Å²) in [5.74, 6) is 4.78. The van der Waals surface area contributed by atoms with E-state index in [-0.39, 0.29) is 25.0 Å². The lowest BCUT2D eigenvalue weighted by Gasteiger charge is -2.26. The summed E-state index contributed by atoms with van der Waals surface area (Å²) in [6.07, 6.45) is 3.46. The molecule has 144 valence electrons. The third-order valence-electron chi connectivity index (χ3n) is 4.23. The maximum Gasteiger partial charge on any atom is 0.274 e. The Bertz CT molecular complexity index is 750. The smallest absolute Gasteiger partial charge is 0.274 e. The fourth-order valence-corrected chi connectivity index (χ4v) is 2.90. The number of nitro groups is 1. The van der Waals surface area contributed by atoms with Gasteiger partial charge in [-0.25, -0.2) is 5.90 Å². The largest absolute Gasteiger partial charge is 0.377 e. The summed E-state index contributed by atoms with van der Waals surface area (Å²) in [7, 11) is 0. The van der Waals surface area contributed by atoms with Crippen molar-refractivity contribution in [1.82, 2.24) is 10.8 Å². The van der Waals surface area contributed by atoms with Crippen LogP contribution < -0.4 is 22.0 Å². The van der Waals surface area contributed by atoms with Crippen LogP contribution in [-0.2, 0) is 21.0 Å². The van der Waals surface area contributed by atoms with Crippen molar-refractivity contribution in [3.8, 4) is 0 Å². The number of carbonyl (C=O) groups is 1. The number of fused-ring (bicyclic) bond motifs is 1. The molecular weight excluding hydrogens is 356 g/mol. The molecule has 5 N–H and O–H groups in total. The number of amides is 1. The van der Waals surface area contributed by atoms with Crippen LogP contribution in [-0.4, -0.2) is 47.8 Å². The molecule has 1 aromatic carbocycles. The Morgan fingerprint density at radius 1 is 1.37 bits per heavy atom.